The second kappa shape index (κ2) is 3.52. The molecule has 1 N–H and O–H groups in total. The molecule has 1 aliphatic heterocycles. The lowest BCUT2D eigenvalue weighted by Crippen LogP contribution is -2.27. The minimum Gasteiger partial charge on any atom is -0.346 e. The minimum absolute atomic E-state index is 0.131. The summed E-state index contributed by atoms with van der Waals surface area (Å²) in [4.78, 5) is 11.6. The maximum Gasteiger partial charge on any atom is 0.247 e. The van der Waals surface area contributed by atoms with Crippen molar-refractivity contribution in [1.29, 1.82) is 0 Å². The zero-order valence-electron chi connectivity index (χ0n) is 9.14. The highest BCUT2D eigenvalue weighted by Gasteiger charge is 2.31. The largest absolute Gasteiger partial charge is 0.346 e. The molecule has 0 aromatic carbocycles. The maximum atomic E-state index is 11.6. The lowest BCUT2D eigenvalue weighted by Gasteiger charge is -2.14. The molecule has 0 aliphatic carbocycles. The summed E-state index contributed by atoms with van der Waals surface area (Å²) < 4.78 is 0. The zero-order chi connectivity index (χ0) is 10.2. The van der Waals surface area contributed by atoms with E-state index in [9.17, 15) is 4.79 Å². The lowest BCUT2D eigenvalue weighted by atomic mass is 9.90. The fourth-order valence-electron chi connectivity index (χ4n) is 2.12. The van der Waals surface area contributed by atoms with Crippen molar-refractivity contribution in [3.05, 3.63) is 11.1 Å². The van der Waals surface area contributed by atoms with Gasteiger partial charge in [-0.2, -0.15) is 0 Å². The van der Waals surface area contributed by atoms with Gasteiger partial charge in [0.15, 0.2) is 0 Å². The Morgan fingerprint density at radius 2 is 1.69 bits per heavy atom. The summed E-state index contributed by atoms with van der Waals surface area (Å²) in [6, 6.07) is 0.227. The quantitative estimate of drug-likeness (QED) is 0.694. The van der Waals surface area contributed by atoms with Crippen LogP contribution in [-0.2, 0) is 4.79 Å². The third-order valence-corrected chi connectivity index (χ3v) is 2.57. The van der Waals surface area contributed by atoms with Crippen molar-refractivity contribution in [3.63, 3.8) is 0 Å². The van der Waals surface area contributed by atoms with E-state index in [0.29, 0.717) is 11.8 Å². The van der Waals surface area contributed by atoms with E-state index in [4.69, 9.17) is 0 Å². The van der Waals surface area contributed by atoms with Gasteiger partial charge in [0.25, 0.3) is 0 Å². The van der Waals surface area contributed by atoms with E-state index in [2.05, 4.69) is 39.9 Å². The Balaban J connectivity index is 3.10. The Hall–Kier alpha value is -0.790. The normalized spacial score (nSPS) is 23.3. The van der Waals surface area contributed by atoms with Gasteiger partial charge in [0.05, 0.1) is 0 Å². The fraction of sp³-hybridized carbons (Fsp3) is 0.727. The molecule has 1 aliphatic rings. The number of nitrogens with one attached hydrogen (secondary N) is 1. The van der Waals surface area contributed by atoms with Crippen molar-refractivity contribution in [3.8, 4) is 0 Å². The smallest absolute Gasteiger partial charge is 0.247 e. The van der Waals surface area contributed by atoms with Crippen molar-refractivity contribution in [2.75, 3.05) is 0 Å². The molecule has 0 saturated heterocycles. The number of hydrogen-bond donors (Lipinski definition) is 1. The Morgan fingerprint density at radius 3 is 2.00 bits per heavy atom. The summed E-state index contributed by atoms with van der Waals surface area (Å²) in [5.41, 5.74) is 2.29. The Kier molecular flexibility index (Phi) is 2.79. The summed E-state index contributed by atoms with van der Waals surface area (Å²) in [5, 5.41) is 2.97. The van der Waals surface area contributed by atoms with Crippen molar-refractivity contribution < 1.29 is 4.79 Å². The Morgan fingerprint density at radius 1 is 1.15 bits per heavy atom. The summed E-state index contributed by atoms with van der Waals surface area (Å²) in [6.45, 7) is 10.5. The lowest BCUT2D eigenvalue weighted by molar-refractivity contribution is -0.117. The van der Waals surface area contributed by atoms with Gasteiger partial charge in [0.2, 0.25) is 5.91 Å². The topological polar surface area (TPSA) is 29.1 Å². The van der Waals surface area contributed by atoms with Crippen molar-refractivity contribution in [2.45, 2.75) is 40.7 Å². The highest BCUT2D eigenvalue weighted by atomic mass is 16.2. The first-order valence-electron chi connectivity index (χ1n) is 5.00. The van der Waals surface area contributed by atoms with Crippen LogP contribution in [0.3, 0.4) is 0 Å². The van der Waals surface area contributed by atoms with Gasteiger partial charge in [-0.05, 0) is 24.3 Å². The Bertz CT molecular complexity index is 251. The van der Waals surface area contributed by atoms with Gasteiger partial charge in [-0.25, -0.2) is 0 Å². The van der Waals surface area contributed by atoms with Crippen molar-refractivity contribution in [1.82, 2.24) is 5.32 Å². The van der Waals surface area contributed by atoms with E-state index < -0.39 is 0 Å². The van der Waals surface area contributed by atoms with Crippen LogP contribution in [0.4, 0.5) is 0 Å². The first kappa shape index (κ1) is 10.3. The summed E-state index contributed by atoms with van der Waals surface area (Å²) in [6.07, 6.45) is 0. The molecule has 74 valence electrons. The molecule has 0 bridgehead atoms. The minimum atomic E-state index is 0.131. The Labute approximate surface area is 80.4 Å². The monoisotopic (exact) mass is 181 g/mol. The van der Waals surface area contributed by atoms with E-state index in [1.165, 1.54) is 5.57 Å². The molecule has 13 heavy (non-hydrogen) atoms. The third kappa shape index (κ3) is 1.77. The highest BCUT2D eigenvalue weighted by Crippen LogP contribution is 2.28. The molecule has 0 radical (unpaired) electrons. The van der Waals surface area contributed by atoms with Crippen LogP contribution in [-0.4, -0.2) is 11.9 Å². The number of carbonyl (C=O) groups is 1. The number of carbonyl (C=O) groups excluding carboxylic acids is 1. The van der Waals surface area contributed by atoms with Crippen LogP contribution in [0.1, 0.15) is 34.6 Å². The van der Waals surface area contributed by atoms with Gasteiger partial charge in [-0.3, -0.25) is 4.79 Å². The molecule has 1 rings (SSSR count). The molecular weight excluding hydrogens is 162 g/mol. The second-order valence-corrected chi connectivity index (χ2v) is 4.37. The van der Waals surface area contributed by atoms with Gasteiger partial charge in [0.1, 0.15) is 0 Å². The number of rotatable bonds is 2. The third-order valence-electron chi connectivity index (χ3n) is 2.57. The zero-order valence-corrected chi connectivity index (χ0v) is 9.14. The van der Waals surface area contributed by atoms with Crippen LogP contribution in [0.2, 0.25) is 0 Å². The summed E-state index contributed by atoms with van der Waals surface area (Å²) >= 11 is 0. The van der Waals surface area contributed by atoms with Gasteiger partial charge < -0.3 is 5.32 Å². The molecule has 1 atom stereocenters. The molecule has 1 amide bonds. The average molecular weight is 181 g/mol. The molecule has 1 heterocycles. The molecule has 0 saturated carbocycles. The fourth-order valence-corrected chi connectivity index (χ4v) is 2.12. The van der Waals surface area contributed by atoms with Crippen LogP contribution in [0, 0.1) is 11.8 Å². The second-order valence-electron chi connectivity index (χ2n) is 4.37. The summed E-state index contributed by atoms with van der Waals surface area (Å²) in [5.74, 6) is 0.930. The summed E-state index contributed by atoms with van der Waals surface area (Å²) in [7, 11) is 0. The van der Waals surface area contributed by atoms with Crippen molar-refractivity contribution >= 4 is 5.91 Å². The molecule has 2 nitrogen and oxygen atoms in total. The van der Waals surface area contributed by atoms with E-state index in [0.717, 1.165) is 5.57 Å². The average Bonchev–Trinajstić information content (AvgIpc) is 2.24. The SMILES string of the molecule is CC(C)C1=C(C(C)C)C(C)NC1=O. The first-order valence-corrected chi connectivity index (χ1v) is 5.00. The molecule has 0 spiro atoms. The highest BCUT2D eigenvalue weighted by molar-refractivity contribution is 5.98. The van der Waals surface area contributed by atoms with Crippen LogP contribution in [0.25, 0.3) is 0 Å². The van der Waals surface area contributed by atoms with E-state index in [1.54, 1.807) is 0 Å². The standard InChI is InChI=1S/C11H19NO/c1-6(2)9-8(5)12-11(13)10(9)7(3)4/h6-8H,1-5H3,(H,12,13). The predicted molar refractivity (Wildman–Crippen MR) is 54.3 cm³/mol. The molecular formula is C11H19NO. The van der Waals surface area contributed by atoms with Gasteiger partial charge in [0, 0.05) is 11.6 Å². The van der Waals surface area contributed by atoms with Gasteiger partial charge >= 0.3 is 0 Å². The van der Waals surface area contributed by atoms with Crippen LogP contribution in [0.15, 0.2) is 11.1 Å². The van der Waals surface area contributed by atoms with Crippen LogP contribution in [0.5, 0.6) is 0 Å². The molecule has 0 aromatic rings. The van der Waals surface area contributed by atoms with E-state index in [1.807, 2.05) is 0 Å². The predicted octanol–water partition coefficient (Wildman–Crippen LogP) is 2.11. The number of amides is 1. The maximum absolute atomic E-state index is 11.6. The first-order chi connectivity index (χ1) is 5.95. The molecule has 0 aromatic heterocycles. The molecule has 2 heteroatoms. The van der Waals surface area contributed by atoms with Gasteiger partial charge in [-0.1, -0.05) is 27.7 Å². The molecule has 0 fully saturated rings. The number of hydrogen-bond acceptors (Lipinski definition) is 1. The van der Waals surface area contributed by atoms with Gasteiger partial charge in [-0.15, -0.1) is 0 Å². The van der Waals surface area contributed by atoms with E-state index in [-0.39, 0.29) is 11.9 Å². The molecule has 1 unspecified atom stereocenters. The van der Waals surface area contributed by atoms with Crippen LogP contribution < -0.4 is 5.32 Å². The van der Waals surface area contributed by atoms with Crippen molar-refractivity contribution in [2.24, 2.45) is 11.8 Å². The van der Waals surface area contributed by atoms with E-state index >= 15 is 0 Å². The van der Waals surface area contributed by atoms with Crippen LogP contribution >= 0.6 is 0 Å².